The molecule has 0 bridgehead atoms. The van der Waals surface area contributed by atoms with Crippen LogP contribution in [0.25, 0.3) is 11.0 Å². The van der Waals surface area contributed by atoms with Crippen LogP contribution in [0.2, 0.25) is 0 Å². The van der Waals surface area contributed by atoms with Gasteiger partial charge in [0.1, 0.15) is 6.54 Å². The Morgan fingerprint density at radius 1 is 1.16 bits per heavy atom. The summed E-state index contributed by atoms with van der Waals surface area (Å²) in [7, 11) is 0. The highest BCUT2D eigenvalue weighted by Gasteiger charge is 2.18. The summed E-state index contributed by atoms with van der Waals surface area (Å²) in [5, 5.41) is 3.03. The van der Waals surface area contributed by atoms with Gasteiger partial charge in [0.05, 0.1) is 17.1 Å². The van der Waals surface area contributed by atoms with E-state index in [4.69, 9.17) is 0 Å². The third-order valence-corrected chi connectivity index (χ3v) is 4.49. The molecule has 1 unspecified atom stereocenters. The Labute approximate surface area is 148 Å². The lowest BCUT2D eigenvalue weighted by molar-refractivity contribution is -0.122. The zero-order valence-corrected chi connectivity index (χ0v) is 14.3. The fraction of sp³-hybridized carbons (Fsp3) is 0.222. The number of nitrogens with one attached hydrogen (secondary N) is 1. The van der Waals surface area contributed by atoms with Crippen molar-refractivity contribution in [2.75, 3.05) is 0 Å². The second-order valence-electron chi connectivity index (χ2n) is 5.55. The van der Waals surface area contributed by atoms with E-state index in [9.17, 15) is 13.6 Å². The number of imidazole rings is 1. The molecule has 3 aromatic rings. The van der Waals surface area contributed by atoms with Crippen molar-refractivity contribution < 1.29 is 13.6 Å². The standard InChI is InChI=1S/C18H17F2N3OS/c1-12(13-7-3-2-4-8-13)21-16(24)11-23-15-10-6-5-9-14(15)22-18(23)25-17(19)20/h2-10,12,17H,11H2,1H3,(H,21,24). The molecule has 0 aliphatic rings. The normalized spacial score (nSPS) is 12.5. The second-order valence-corrected chi connectivity index (χ2v) is 6.50. The summed E-state index contributed by atoms with van der Waals surface area (Å²) < 4.78 is 27.1. The number of hydrogen-bond donors (Lipinski definition) is 1. The smallest absolute Gasteiger partial charge is 0.291 e. The fourth-order valence-electron chi connectivity index (χ4n) is 2.63. The van der Waals surface area contributed by atoms with E-state index >= 15 is 0 Å². The third kappa shape index (κ3) is 4.17. The molecule has 0 aliphatic heterocycles. The average Bonchev–Trinajstić information content (AvgIpc) is 2.92. The van der Waals surface area contributed by atoms with Crippen LogP contribution < -0.4 is 5.32 Å². The van der Waals surface area contributed by atoms with E-state index in [1.54, 1.807) is 24.3 Å². The minimum atomic E-state index is -2.60. The van der Waals surface area contributed by atoms with E-state index in [1.807, 2.05) is 37.3 Å². The van der Waals surface area contributed by atoms with Gasteiger partial charge in [-0.2, -0.15) is 8.78 Å². The van der Waals surface area contributed by atoms with Gasteiger partial charge >= 0.3 is 0 Å². The van der Waals surface area contributed by atoms with Gasteiger partial charge in [-0.3, -0.25) is 4.79 Å². The van der Waals surface area contributed by atoms with Gasteiger partial charge in [0.25, 0.3) is 5.76 Å². The largest absolute Gasteiger partial charge is 0.348 e. The molecule has 7 heteroatoms. The van der Waals surface area contributed by atoms with Crippen molar-refractivity contribution in [2.24, 2.45) is 0 Å². The summed E-state index contributed by atoms with van der Waals surface area (Å²) in [5.74, 6) is -2.85. The highest BCUT2D eigenvalue weighted by atomic mass is 32.2. The molecule has 0 aliphatic carbocycles. The SMILES string of the molecule is CC(NC(=O)Cn1c(SC(F)F)nc2ccccc21)c1ccccc1. The first-order valence-corrected chi connectivity index (χ1v) is 8.67. The third-order valence-electron chi connectivity index (χ3n) is 3.79. The summed E-state index contributed by atoms with van der Waals surface area (Å²) in [6.07, 6.45) is 0. The fourth-order valence-corrected chi connectivity index (χ4v) is 3.23. The Hall–Kier alpha value is -2.41. The first kappa shape index (κ1) is 17.4. The van der Waals surface area contributed by atoms with Gasteiger partial charge in [-0.15, -0.1) is 0 Å². The van der Waals surface area contributed by atoms with Crippen molar-refractivity contribution >= 4 is 28.7 Å². The van der Waals surface area contributed by atoms with E-state index in [2.05, 4.69) is 10.3 Å². The number of carbonyl (C=O) groups excluding carboxylic acids is 1. The molecule has 1 atom stereocenters. The number of aromatic nitrogens is 2. The molecule has 25 heavy (non-hydrogen) atoms. The lowest BCUT2D eigenvalue weighted by atomic mass is 10.1. The highest BCUT2D eigenvalue weighted by Crippen LogP contribution is 2.28. The van der Waals surface area contributed by atoms with Gasteiger partial charge in [-0.25, -0.2) is 4.98 Å². The molecule has 3 rings (SSSR count). The molecule has 0 saturated heterocycles. The number of para-hydroxylation sites is 2. The summed E-state index contributed by atoms with van der Waals surface area (Å²) >= 11 is 0.347. The number of nitrogens with zero attached hydrogens (tertiary/aromatic N) is 2. The van der Waals surface area contributed by atoms with Crippen molar-refractivity contribution in [1.82, 2.24) is 14.9 Å². The Morgan fingerprint density at radius 3 is 2.56 bits per heavy atom. The Morgan fingerprint density at radius 2 is 1.84 bits per heavy atom. The van der Waals surface area contributed by atoms with Crippen LogP contribution in [0, 0.1) is 0 Å². The Kier molecular flexibility index (Phi) is 5.33. The zero-order valence-electron chi connectivity index (χ0n) is 13.5. The molecule has 2 aromatic carbocycles. The Bertz CT molecular complexity index is 867. The molecular weight excluding hydrogens is 344 g/mol. The van der Waals surface area contributed by atoms with Crippen molar-refractivity contribution in [3.05, 3.63) is 60.2 Å². The summed E-state index contributed by atoms with van der Waals surface area (Å²) in [5.41, 5.74) is 2.23. The number of thioether (sulfide) groups is 1. The van der Waals surface area contributed by atoms with E-state index in [0.717, 1.165) is 5.56 Å². The Balaban J connectivity index is 1.80. The van der Waals surface area contributed by atoms with E-state index in [0.29, 0.717) is 22.8 Å². The number of amides is 1. The van der Waals surface area contributed by atoms with Crippen molar-refractivity contribution in [2.45, 2.75) is 30.4 Å². The molecular formula is C18H17F2N3OS. The molecule has 1 N–H and O–H groups in total. The van der Waals surface area contributed by atoms with Crippen molar-refractivity contribution in [3.63, 3.8) is 0 Å². The molecule has 0 radical (unpaired) electrons. The van der Waals surface area contributed by atoms with Gasteiger partial charge in [-0.1, -0.05) is 42.5 Å². The molecule has 130 valence electrons. The average molecular weight is 361 g/mol. The maximum absolute atomic E-state index is 12.8. The summed E-state index contributed by atoms with van der Waals surface area (Å²) in [6, 6.07) is 16.5. The molecule has 1 heterocycles. The van der Waals surface area contributed by atoms with Crippen LogP contribution in [0.15, 0.2) is 59.8 Å². The zero-order chi connectivity index (χ0) is 17.8. The quantitative estimate of drug-likeness (QED) is 0.669. The summed E-state index contributed by atoms with van der Waals surface area (Å²) in [6.45, 7) is 1.82. The van der Waals surface area contributed by atoms with Crippen molar-refractivity contribution in [1.29, 1.82) is 0 Å². The maximum Gasteiger partial charge on any atom is 0.291 e. The number of hydrogen-bond acceptors (Lipinski definition) is 3. The van der Waals surface area contributed by atoms with Crippen LogP contribution in [0.4, 0.5) is 8.78 Å². The van der Waals surface area contributed by atoms with Gasteiger partial charge in [0, 0.05) is 0 Å². The van der Waals surface area contributed by atoms with Gasteiger partial charge < -0.3 is 9.88 Å². The minimum Gasteiger partial charge on any atom is -0.348 e. The van der Waals surface area contributed by atoms with E-state index in [-0.39, 0.29) is 23.7 Å². The van der Waals surface area contributed by atoms with Crippen LogP contribution in [0.5, 0.6) is 0 Å². The van der Waals surface area contributed by atoms with Gasteiger partial charge in [-0.05, 0) is 36.4 Å². The lowest BCUT2D eigenvalue weighted by Gasteiger charge is -2.15. The topological polar surface area (TPSA) is 46.9 Å². The maximum atomic E-state index is 12.8. The predicted octanol–water partition coefficient (Wildman–Crippen LogP) is 4.23. The number of halogens is 2. The number of alkyl halides is 2. The number of fused-ring (bicyclic) bond motifs is 1. The summed E-state index contributed by atoms with van der Waals surface area (Å²) in [4.78, 5) is 16.6. The highest BCUT2D eigenvalue weighted by molar-refractivity contribution is 7.99. The molecule has 1 aromatic heterocycles. The monoisotopic (exact) mass is 361 g/mol. The van der Waals surface area contributed by atoms with Gasteiger partial charge in [0.2, 0.25) is 5.91 Å². The first-order chi connectivity index (χ1) is 12.0. The predicted molar refractivity (Wildman–Crippen MR) is 94.6 cm³/mol. The number of carbonyl (C=O) groups is 1. The van der Waals surface area contributed by atoms with E-state index in [1.165, 1.54) is 4.57 Å². The van der Waals surface area contributed by atoms with Crippen LogP contribution >= 0.6 is 11.8 Å². The molecule has 4 nitrogen and oxygen atoms in total. The molecule has 0 spiro atoms. The van der Waals surface area contributed by atoms with Crippen LogP contribution in [0.1, 0.15) is 18.5 Å². The molecule has 1 amide bonds. The number of rotatable bonds is 6. The van der Waals surface area contributed by atoms with Crippen molar-refractivity contribution in [3.8, 4) is 0 Å². The first-order valence-electron chi connectivity index (χ1n) is 7.79. The number of benzene rings is 2. The lowest BCUT2D eigenvalue weighted by Crippen LogP contribution is -2.30. The van der Waals surface area contributed by atoms with E-state index < -0.39 is 5.76 Å². The molecule has 0 saturated carbocycles. The van der Waals surface area contributed by atoms with Crippen LogP contribution in [-0.4, -0.2) is 21.2 Å². The van der Waals surface area contributed by atoms with Crippen LogP contribution in [0.3, 0.4) is 0 Å². The van der Waals surface area contributed by atoms with Gasteiger partial charge in [0.15, 0.2) is 5.16 Å². The second kappa shape index (κ2) is 7.65. The molecule has 0 fully saturated rings. The minimum absolute atomic E-state index is 0.0628. The van der Waals surface area contributed by atoms with Crippen LogP contribution in [-0.2, 0) is 11.3 Å².